The molecule has 1 aromatic heterocycles. The lowest BCUT2D eigenvalue weighted by molar-refractivity contribution is -0.123. The van der Waals surface area contributed by atoms with Gasteiger partial charge >= 0.3 is 0 Å². The highest BCUT2D eigenvalue weighted by Gasteiger charge is 2.13. The van der Waals surface area contributed by atoms with E-state index in [9.17, 15) is 4.79 Å². The summed E-state index contributed by atoms with van der Waals surface area (Å²) in [6, 6.07) is 23.2. The van der Waals surface area contributed by atoms with Gasteiger partial charge in [-0.1, -0.05) is 60.1 Å². The molecule has 1 N–H and O–H groups in total. The summed E-state index contributed by atoms with van der Waals surface area (Å²) in [6.45, 7) is 1.68. The normalized spacial score (nSPS) is 11.1. The van der Waals surface area contributed by atoms with Crippen LogP contribution in [0.4, 0.5) is 0 Å². The molecule has 0 fully saturated rings. The number of carbonyl (C=O) groups excluding carboxylic acids is 1. The van der Waals surface area contributed by atoms with Crippen LogP contribution in [0.1, 0.15) is 11.3 Å². The van der Waals surface area contributed by atoms with Gasteiger partial charge in [-0.2, -0.15) is 10.2 Å². The van der Waals surface area contributed by atoms with Crippen molar-refractivity contribution >= 4 is 34.5 Å². The summed E-state index contributed by atoms with van der Waals surface area (Å²) < 4.78 is 7.19. The van der Waals surface area contributed by atoms with Crippen LogP contribution in [0.2, 0.25) is 5.15 Å². The molecule has 0 atom stereocenters. The number of aryl methyl sites for hydroxylation is 1. The highest BCUT2D eigenvalue weighted by molar-refractivity contribution is 6.32. The topological polar surface area (TPSA) is 68.5 Å². The Morgan fingerprint density at radius 1 is 1.10 bits per heavy atom. The highest BCUT2D eigenvalue weighted by Crippen LogP contribution is 2.22. The number of benzene rings is 3. The van der Waals surface area contributed by atoms with E-state index in [4.69, 9.17) is 16.3 Å². The Labute approximate surface area is 178 Å². The molecule has 1 heterocycles. The van der Waals surface area contributed by atoms with E-state index >= 15 is 0 Å². The quantitative estimate of drug-likeness (QED) is 0.370. The van der Waals surface area contributed by atoms with Crippen molar-refractivity contribution in [3.05, 3.63) is 89.2 Å². The molecule has 0 bridgehead atoms. The van der Waals surface area contributed by atoms with E-state index in [1.165, 1.54) is 6.21 Å². The Balaban J connectivity index is 1.37. The van der Waals surface area contributed by atoms with Crippen molar-refractivity contribution < 1.29 is 9.53 Å². The second kappa shape index (κ2) is 8.80. The Morgan fingerprint density at radius 3 is 2.63 bits per heavy atom. The molecule has 0 aliphatic carbocycles. The first-order valence-corrected chi connectivity index (χ1v) is 9.73. The Bertz CT molecular complexity index is 1220. The van der Waals surface area contributed by atoms with E-state index in [0.29, 0.717) is 22.2 Å². The van der Waals surface area contributed by atoms with Crippen LogP contribution in [0, 0.1) is 6.92 Å². The maximum absolute atomic E-state index is 12.1. The number of nitrogens with zero attached hydrogens (tertiary/aromatic N) is 3. The predicted octanol–water partition coefficient (Wildman–Crippen LogP) is 4.52. The number of ether oxygens (including phenoxy) is 1. The van der Waals surface area contributed by atoms with Crippen molar-refractivity contribution in [2.75, 3.05) is 6.61 Å². The molecule has 0 aliphatic rings. The van der Waals surface area contributed by atoms with Gasteiger partial charge in [-0.3, -0.25) is 4.79 Å². The van der Waals surface area contributed by atoms with Crippen molar-refractivity contribution in [2.45, 2.75) is 6.92 Å². The molecule has 0 unspecified atom stereocenters. The lowest BCUT2D eigenvalue weighted by atomic mass is 10.1. The summed E-state index contributed by atoms with van der Waals surface area (Å²) in [5, 5.41) is 11.0. The molecule has 3 aromatic carbocycles. The van der Waals surface area contributed by atoms with Crippen molar-refractivity contribution in [3.63, 3.8) is 0 Å². The first-order chi connectivity index (χ1) is 14.6. The fourth-order valence-electron chi connectivity index (χ4n) is 3.01. The molecular formula is C23H19ClN4O2. The summed E-state index contributed by atoms with van der Waals surface area (Å²) in [5.74, 6) is 0.250. The maximum atomic E-state index is 12.1. The molecule has 0 spiro atoms. The summed E-state index contributed by atoms with van der Waals surface area (Å²) in [6.07, 6.45) is 1.48. The van der Waals surface area contributed by atoms with Crippen molar-refractivity contribution in [1.29, 1.82) is 0 Å². The molecule has 1 amide bonds. The van der Waals surface area contributed by atoms with E-state index in [-0.39, 0.29) is 12.5 Å². The van der Waals surface area contributed by atoms with Crippen LogP contribution in [0.5, 0.6) is 5.75 Å². The van der Waals surface area contributed by atoms with Gasteiger partial charge in [0.25, 0.3) is 5.91 Å². The van der Waals surface area contributed by atoms with Gasteiger partial charge in [0.1, 0.15) is 10.9 Å². The van der Waals surface area contributed by atoms with Gasteiger partial charge in [0.15, 0.2) is 6.61 Å². The number of hydrazone groups is 1. The zero-order valence-electron chi connectivity index (χ0n) is 16.2. The van der Waals surface area contributed by atoms with Gasteiger partial charge in [0, 0.05) is 0 Å². The maximum Gasteiger partial charge on any atom is 0.277 e. The number of rotatable bonds is 6. The number of hydrogen-bond donors (Lipinski definition) is 1. The predicted molar refractivity (Wildman–Crippen MR) is 118 cm³/mol. The lowest BCUT2D eigenvalue weighted by Crippen LogP contribution is -2.24. The lowest BCUT2D eigenvalue weighted by Gasteiger charge is -2.06. The number of aromatic nitrogens is 2. The first kappa shape index (κ1) is 19.7. The van der Waals surface area contributed by atoms with Gasteiger partial charge in [0.05, 0.1) is 23.2 Å². The smallest absolute Gasteiger partial charge is 0.277 e. The van der Waals surface area contributed by atoms with E-state index in [1.54, 1.807) is 4.68 Å². The largest absolute Gasteiger partial charge is 0.484 e. The summed E-state index contributed by atoms with van der Waals surface area (Å²) in [5.41, 5.74) is 4.64. The second-order valence-corrected chi connectivity index (χ2v) is 6.99. The summed E-state index contributed by atoms with van der Waals surface area (Å²) in [4.78, 5) is 12.1. The second-order valence-electron chi connectivity index (χ2n) is 6.63. The molecular weight excluding hydrogens is 400 g/mol. The van der Waals surface area contributed by atoms with Gasteiger partial charge in [-0.05, 0) is 42.0 Å². The Hall–Kier alpha value is -3.64. The fraction of sp³-hybridized carbons (Fsp3) is 0.0870. The molecule has 0 aliphatic heterocycles. The van der Waals surface area contributed by atoms with Crippen molar-refractivity contribution in [3.8, 4) is 11.4 Å². The molecule has 0 saturated carbocycles. The van der Waals surface area contributed by atoms with Gasteiger partial charge in [-0.25, -0.2) is 10.1 Å². The molecule has 6 nitrogen and oxygen atoms in total. The van der Waals surface area contributed by atoms with Gasteiger partial charge in [0.2, 0.25) is 0 Å². The zero-order chi connectivity index (χ0) is 20.9. The van der Waals surface area contributed by atoms with Crippen molar-refractivity contribution in [1.82, 2.24) is 15.2 Å². The third kappa shape index (κ3) is 4.34. The molecule has 4 rings (SSSR count). The minimum Gasteiger partial charge on any atom is -0.484 e. The molecule has 7 heteroatoms. The minimum absolute atomic E-state index is 0.147. The number of fused-ring (bicyclic) bond motifs is 1. The zero-order valence-corrected chi connectivity index (χ0v) is 17.0. The Kier molecular flexibility index (Phi) is 5.77. The average molecular weight is 419 g/mol. The van der Waals surface area contributed by atoms with Crippen LogP contribution in [-0.4, -0.2) is 28.5 Å². The SMILES string of the molecule is Cc1nn(-c2ccccc2)c(Cl)c1C=NNC(=O)COc1ccc2ccccc2c1. The molecule has 4 aromatic rings. The summed E-state index contributed by atoms with van der Waals surface area (Å²) in [7, 11) is 0. The highest BCUT2D eigenvalue weighted by atomic mass is 35.5. The summed E-state index contributed by atoms with van der Waals surface area (Å²) >= 11 is 6.44. The third-order valence-electron chi connectivity index (χ3n) is 4.52. The van der Waals surface area contributed by atoms with Crippen LogP contribution in [0.15, 0.2) is 77.9 Å². The van der Waals surface area contributed by atoms with Crippen LogP contribution in [0.25, 0.3) is 16.5 Å². The molecule has 30 heavy (non-hydrogen) atoms. The third-order valence-corrected chi connectivity index (χ3v) is 4.89. The fourth-order valence-corrected chi connectivity index (χ4v) is 3.33. The van der Waals surface area contributed by atoms with Crippen LogP contribution < -0.4 is 10.2 Å². The van der Waals surface area contributed by atoms with E-state index in [1.807, 2.05) is 79.7 Å². The van der Waals surface area contributed by atoms with E-state index in [0.717, 1.165) is 16.5 Å². The van der Waals surface area contributed by atoms with E-state index in [2.05, 4.69) is 15.6 Å². The molecule has 0 saturated heterocycles. The van der Waals surface area contributed by atoms with Crippen LogP contribution in [-0.2, 0) is 4.79 Å². The standard InChI is InChI=1S/C23H19ClN4O2/c1-16-21(23(24)28(27-16)19-9-3-2-4-10-19)14-25-26-22(29)15-30-20-12-11-17-7-5-6-8-18(17)13-20/h2-14H,15H2,1H3,(H,26,29). The van der Waals surface area contributed by atoms with Crippen LogP contribution >= 0.6 is 11.6 Å². The Morgan fingerprint density at radius 2 is 1.83 bits per heavy atom. The monoisotopic (exact) mass is 418 g/mol. The number of carbonyl (C=O) groups is 1. The number of para-hydroxylation sites is 1. The number of halogens is 1. The average Bonchev–Trinajstić information content (AvgIpc) is 3.06. The number of nitrogens with one attached hydrogen (secondary N) is 1. The first-order valence-electron chi connectivity index (χ1n) is 9.36. The number of hydrogen-bond acceptors (Lipinski definition) is 4. The van der Waals surface area contributed by atoms with Crippen LogP contribution in [0.3, 0.4) is 0 Å². The number of amides is 1. The minimum atomic E-state index is -0.372. The van der Waals surface area contributed by atoms with Crippen molar-refractivity contribution in [2.24, 2.45) is 5.10 Å². The van der Waals surface area contributed by atoms with Gasteiger partial charge in [-0.15, -0.1) is 0 Å². The van der Waals surface area contributed by atoms with Gasteiger partial charge < -0.3 is 4.74 Å². The molecule has 150 valence electrons. The van der Waals surface area contributed by atoms with E-state index < -0.39 is 0 Å². The molecule has 0 radical (unpaired) electrons.